The van der Waals surface area contributed by atoms with Crippen molar-refractivity contribution in [1.82, 2.24) is 19.6 Å². The van der Waals surface area contributed by atoms with Crippen molar-refractivity contribution in [2.75, 3.05) is 11.9 Å². The van der Waals surface area contributed by atoms with Crippen LogP contribution in [0.1, 0.15) is 31.7 Å². The summed E-state index contributed by atoms with van der Waals surface area (Å²) in [5, 5.41) is 8.13. The summed E-state index contributed by atoms with van der Waals surface area (Å²) in [5.41, 5.74) is 1.31. The number of halogens is 1. The van der Waals surface area contributed by atoms with Gasteiger partial charge in [0.15, 0.2) is 0 Å². The van der Waals surface area contributed by atoms with Crippen LogP contribution in [-0.4, -0.2) is 26.1 Å². The van der Waals surface area contributed by atoms with Crippen LogP contribution in [0, 0.1) is 12.3 Å². The molecule has 2 aromatic rings. The Morgan fingerprint density at radius 1 is 1.50 bits per heavy atom. The van der Waals surface area contributed by atoms with Crippen LogP contribution in [0.3, 0.4) is 0 Å². The molecular weight excluding hydrogens is 250 g/mol. The van der Waals surface area contributed by atoms with Crippen molar-refractivity contribution in [3.8, 4) is 0 Å². The minimum Gasteiger partial charge on any atom is -0.369 e. The van der Waals surface area contributed by atoms with Crippen molar-refractivity contribution in [3.63, 3.8) is 0 Å². The standard InChI is InChI=1S/C12H16ClN5/c1-8-9(13)17-11-15-7-16-18(11)10(8)14-6-12(2)4-3-5-12/h7,14H,3-6H2,1-2H3. The average Bonchev–Trinajstić information content (AvgIpc) is 2.75. The molecule has 1 aliphatic rings. The first-order chi connectivity index (χ1) is 8.59. The summed E-state index contributed by atoms with van der Waals surface area (Å²) < 4.78 is 1.71. The lowest BCUT2D eigenvalue weighted by atomic mass is 9.70. The van der Waals surface area contributed by atoms with Crippen LogP contribution in [0.5, 0.6) is 0 Å². The molecule has 1 N–H and O–H groups in total. The Kier molecular flexibility index (Phi) is 2.66. The molecule has 0 aromatic carbocycles. The number of hydrogen-bond donors (Lipinski definition) is 1. The van der Waals surface area contributed by atoms with Crippen LogP contribution in [0.15, 0.2) is 6.33 Å². The number of fused-ring (bicyclic) bond motifs is 1. The Bertz CT molecular complexity index is 587. The molecule has 0 aliphatic heterocycles. The fraction of sp³-hybridized carbons (Fsp3) is 0.583. The Hall–Kier alpha value is -1.36. The zero-order valence-electron chi connectivity index (χ0n) is 10.6. The Balaban J connectivity index is 1.94. The van der Waals surface area contributed by atoms with Crippen molar-refractivity contribution in [1.29, 1.82) is 0 Å². The van der Waals surface area contributed by atoms with E-state index in [1.807, 2.05) is 6.92 Å². The first-order valence-electron chi connectivity index (χ1n) is 6.19. The highest BCUT2D eigenvalue weighted by Gasteiger charge is 2.31. The van der Waals surface area contributed by atoms with Crippen molar-refractivity contribution >= 4 is 23.2 Å². The summed E-state index contributed by atoms with van der Waals surface area (Å²) >= 11 is 6.12. The largest absolute Gasteiger partial charge is 0.369 e. The van der Waals surface area contributed by atoms with Gasteiger partial charge in [0.25, 0.3) is 5.78 Å². The highest BCUT2D eigenvalue weighted by atomic mass is 35.5. The van der Waals surface area contributed by atoms with Gasteiger partial charge in [0.1, 0.15) is 17.3 Å². The van der Waals surface area contributed by atoms with Crippen molar-refractivity contribution in [2.45, 2.75) is 33.1 Å². The maximum absolute atomic E-state index is 6.12. The molecule has 1 saturated carbocycles. The van der Waals surface area contributed by atoms with Crippen molar-refractivity contribution in [3.05, 3.63) is 17.0 Å². The number of anilines is 1. The van der Waals surface area contributed by atoms with Gasteiger partial charge in [0.2, 0.25) is 0 Å². The van der Waals surface area contributed by atoms with Gasteiger partial charge >= 0.3 is 0 Å². The lowest BCUT2D eigenvalue weighted by Crippen LogP contribution is -2.34. The number of rotatable bonds is 3. The molecule has 0 radical (unpaired) electrons. The van der Waals surface area contributed by atoms with Crippen LogP contribution >= 0.6 is 11.6 Å². The number of nitrogens with one attached hydrogen (secondary N) is 1. The molecule has 5 nitrogen and oxygen atoms in total. The van der Waals surface area contributed by atoms with Crippen LogP contribution < -0.4 is 5.32 Å². The van der Waals surface area contributed by atoms with Gasteiger partial charge in [-0.2, -0.15) is 19.6 Å². The smallest absolute Gasteiger partial charge is 0.255 e. The summed E-state index contributed by atoms with van der Waals surface area (Å²) in [7, 11) is 0. The predicted molar refractivity (Wildman–Crippen MR) is 71.0 cm³/mol. The van der Waals surface area contributed by atoms with E-state index in [1.54, 1.807) is 4.52 Å². The molecular formula is C12H16ClN5. The third kappa shape index (κ3) is 1.82. The highest BCUT2D eigenvalue weighted by Crippen LogP contribution is 2.40. The fourth-order valence-electron chi connectivity index (χ4n) is 2.36. The molecule has 0 amide bonds. The van der Waals surface area contributed by atoms with E-state index in [1.165, 1.54) is 25.6 Å². The first-order valence-corrected chi connectivity index (χ1v) is 6.57. The zero-order valence-corrected chi connectivity index (χ0v) is 11.3. The third-order valence-electron chi connectivity index (χ3n) is 3.85. The Labute approximate surface area is 111 Å². The van der Waals surface area contributed by atoms with E-state index in [2.05, 4.69) is 27.3 Å². The maximum Gasteiger partial charge on any atom is 0.255 e. The van der Waals surface area contributed by atoms with E-state index in [0.29, 0.717) is 16.3 Å². The van der Waals surface area contributed by atoms with Crippen LogP contribution in [-0.2, 0) is 0 Å². The minimum absolute atomic E-state index is 0.398. The second-order valence-electron chi connectivity index (χ2n) is 5.37. The van der Waals surface area contributed by atoms with Gasteiger partial charge in [-0.25, -0.2) is 0 Å². The highest BCUT2D eigenvalue weighted by molar-refractivity contribution is 6.30. The van der Waals surface area contributed by atoms with E-state index in [4.69, 9.17) is 11.6 Å². The van der Waals surface area contributed by atoms with E-state index < -0.39 is 0 Å². The third-order valence-corrected chi connectivity index (χ3v) is 4.22. The van der Waals surface area contributed by atoms with Crippen LogP contribution in [0.25, 0.3) is 5.78 Å². The molecule has 1 aliphatic carbocycles. The molecule has 0 atom stereocenters. The van der Waals surface area contributed by atoms with Gasteiger partial charge in [0, 0.05) is 12.1 Å². The summed E-state index contributed by atoms with van der Waals surface area (Å²) in [6, 6.07) is 0. The van der Waals surface area contributed by atoms with E-state index in [9.17, 15) is 0 Å². The average molecular weight is 266 g/mol. The van der Waals surface area contributed by atoms with Crippen LogP contribution in [0.2, 0.25) is 5.15 Å². The molecule has 0 spiro atoms. The lowest BCUT2D eigenvalue weighted by Gasteiger charge is -2.38. The fourth-order valence-corrected chi connectivity index (χ4v) is 2.52. The first kappa shape index (κ1) is 11.7. The van der Waals surface area contributed by atoms with Gasteiger partial charge in [-0.05, 0) is 25.2 Å². The van der Waals surface area contributed by atoms with E-state index >= 15 is 0 Å². The Morgan fingerprint density at radius 3 is 2.94 bits per heavy atom. The molecule has 96 valence electrons. The van der Waals surface area contributed by atoms with Gasteiger partial charge in [-0.3, -0.25) is 0 Å². The lowest BCUT2D eigenvalue weighted by molar-refractivity contribution is 0.179. The molecule has 18 heavy (non-hydrogen) atoms. The number of hydrogen-bond acceptors (Lipinski definition) is 4. The van der Waals surface area contributed by atoms with Crippen LogP contribution in [0.4, 0.5) is 5.82 Å². The summed E-state index contributed by atoms with van der Waals surface area (Å²) in [6.07, 6.45) is 5.37. The monoisotopic (exact) mass is 265 g/mol. The molecule has 2 aromatic heterocycles. The minimum atomic E-state index is 0.398. The van der Waals surface area contributed by atoms with E-state index in [0.717, 1.165) is 17.9 Å². The van der Waals surface area contributed by atoms with Crippen molar-refractivity contribution < 1.29 is 0 Å². The SMILES string of the molecule is Cc1c(Cl)nc2ncnn2c1NCC1(C)CCC1. The second kappa shape index (κ2) is 4.09. The molecule has 1 fully saturated rings. The topological polar surface area (TPSA) is 55.1 Å². The molecule has 0 unspecified atom stereocenters. The molecule has 0 bridgehead atoms. The zero-order chi connectivity index (χ0) is 12.8. The van der Waals surface area contributed by atoms with Gasteiger partial charge < -0.3 is 5.32 Å². The van der Waals surface area contributed by atoms with E-state index in [-0.39, 0.29) is 0 Å². The van der Waals surface area contributed by atoms with Gasteiger partial charge in [-0.1, -0.05) is 24.9 Å². The maximum atomic E-state index is 6.12. The number of nitrogens with zero attached hydrogens (tertiary/aromatic N) is 4. The number of aromatic nitrogens is 4. The predicted octanol–water partition coefficient (Wildman–Crippen LogP) is 2.69. The summed E-state index contributed by atoms with van der Waals surface area (Å²) in [6.45, 7) is 5.19. The van der Waals surface area contributed by atoms with Gasteiger partial charge in [-0.15, -0.1) is 0 Å². The summed E-state index contributed by atoms with van der Waals surface area (Å²) in [4.78, 5) is 8.27. The Morgan fingerprint density at radius 2 is 2.28 bits per heavy atom. The molecule has 0 saturated heterocycles. The van der Waals surface area contributed by atoms with Crippen molar-refractivity contribution in [2.24, 2.45) is 5.41 Å². The molecule has 6 heteroatoms. The normalized spacial score (nSPS) is 17.7. The van der Waals surface area contributed by atoms with Gasteiger partial charge in [0.05, 0.1) is 0 Å². The molecule has 2 heterocycles. The quantitative estimate of drug-likeness (QED) is 0.867. The summed E-state index contributed by atoms with van der Waals surface area (Å²) in [5.74, 6) is 1.43. The molecule has 3 rings (SSSR count). The second-order valence-corrected chi connectivity index (χ2v) is 5.72.